The third-order valence-electron chi connectivity index (χ3n) is 5.65. The van der Waals surface area contributed by atoms with E-state index in [9.17, 15) is 14.7 Å². The van der Waals surface area contributed by atoms with Gasteiger partial charge in [-0.3, -0.25) is 10.1 Å². The Morgan fingerprint density at radius 1 is 1.03 bits per heavy atom. The molecule has 1 aromatic carbocycles. The minimum absolute atomic E-state index is 0.0701. The van der Waals surface area contributed by atoms with Gasteiger partial charge >= 0.3 is 6.03 Å². The van der Waals surface area contributed by atoms with Crippen molar-refractivity contribution in [2.75, 3.05) is 18.4 Å². The molecular formula is C24H34N4O3. The molecule has 0 atom stereocenters. The maximum absolute atomic E-state index is 13.0. The molecule has 1 saturated heterocycles. The first kappa shape index (κ1) is 22.8. The van der Waals surface area contributed by atoms with Crippen molar-refractivity contribution in [2.24, 2.45) is 5.92 Å². The smallest absolute Gasteiger partial charge is 0.323 e. The van der Waals surface area contributed by atoms with Gasteiger partial charge in [-0.25, -0.2) is 9.48 Å². The third-order valence-corrected chi connectivity index (χ3v) is 5.65. The standard InChI is InChI=1S/C24H34N4O3/c1-23(2,3)19-15-20(28(26-19)24(4,5)6)25-22(31)27-13-11-17(12-14-27)21(30)16-7-9-18(29)10-8-16/h7-10,15,17,29H,11-14H2,1-6H3,(H,25,31). The number of hydrogen-bond donors (Lipinski definition) is 2. The highest BCUT2D eigenvalue weighted by Gasteiger charge is 2.30. The predicted molar refractivity (Wildman–Crippen MR) is 122 cm³/mol. The number of nitrogens with zero attached hydrogens (tertiary/aromatic N) is 3. The number of ketones is 1. The minimum atomic E-state index is -0.268. The molecule has 0 unspecified atom stereocenters. The number of phenols is 1. The Balaban J connectivity index is 1.66. The van der Waals surface area contributed by atoms with Gasteiger partial charge in [0.25, 0.3) is 0 Å². The van der Waals surface area contributed by atoms with Crippen molar-refractivity contribution in [3.8, 4) is 5.75 Å². The van der Waals surface area contributed by atoms with E-state index in [1.54, 1.807) is 17.0 Å². The average Bonchev–Trinajstić information content (AvgIpc) is 3.13. The highest BCUT2D eigenvalue weighted by Crippen LogP contribution is 2.29. The van der Waals surface area contributed by atoms with Gasteiger partial charge in [-0.1, -0.05) is 20.8 Å². The number of amides is 2. The molecule has 168 valence electrons. The molecule has 7 heteroatoms. The number of phenolic OH excluding ortho intramolecular Hbond substituents is 1. The number of benzene rings is 1. The van der Waals surface area contributed by atoms with E-state index in [0.29, 0.717) is 37.3 Å². The molecule has 0 radical (unpaired) electrons. The fourth-order valence-corrected chi connectivity index (χ4v) is 3.74. The lowest BCUT2D eigenvalue weighted by Gasteiger charge is -2.32. The summed E-state index contributed by atoms with van der Waals surface area (Å²) < 4.78 is 1.87. The molecule has 2 aromatic rings. The zero-order valence-corrected chi connectivity index (χ0v) is 19.4. The maximum atomic E-state index is 13.0. The van der Waals surface area contributed by atoms with Gasteiger partial charge in [0, 0.05) is 36.1 Å². The number of likely N-dealkylation sites (tertiary alicyclic amines) is 1. The summed E-state index contributed by atoms with van der Waals surface area (Å²) >= 11 is 0. The number of urea groups is 1. The maximum Gasteiger partial charge on any atom is 0.323 e. The number of carbonyl (C=O) groups excluding carboxylic acids is 2. The summed E-state index contributed by atoms with van der Waals surface area (Å²) in [6.45, 7) is 13.5. The van der Waals surface area contributed by atoms with Crippen LogP contribution in [0.1, 0.15) is 70.4 Å². The topological polar surface area (TPSA) is 87.5 Å². The van der Waals surface area contributed by atoms with Crippen molar-refractivity contribution < 1.29 is 14.7 Å². The zero-order chi connectivity index (χ0) is 23.0. The number of rotatable bonds is 3. The Bertz CT molecular complexity index is 941. The number of nitrogens with one attached hydrogen (secondary N) is 1. The highest BCUT2D eigenvalue weighted by atomic mass is 16.3. The molecule has 0 bridgehead atoms. The summed E-state index contributed by atoms with van der Waals surface area (Å²) in [5, 5.41) is 17.2. The van der Waals surface area contributed by atoms with Crippen LogP contribution in [0.5, 0.6) is 5.75 Å². The lowest BCUT2D eigenvalue weighted by Crippen LogP contribution is -2.43. The summed E-state index contributed by atoms with van der Waals surface area (Å²) in [6.07, 6.45) is 1.25. The Kier molecular flexibility index (Phi) is 6.16. The molecule has 0 spiro atoms. The van der Waals surface area contributed by atoms with Crippen LogP contribution in [0.25, 0.3) is 0 Å². The third kappa shape index (κ3) is 5.27. The van der Waals surface area contributed by atoms with Crippen LogP contribution < -0.4 is 5.32 Å². The van der Waals surface area contributed by atoms with Gasteiger partial charge in [0.2, 0.25) is 0 Å². The van der Waals surface area contributed by atoms with Gasteiger partial charge in [0.05, 0.1) is 11.2 Å². The van der Waals surface area contributed by atoms with Crippen molar-refractivity contribution in [1.29, 1.82) is 0 Å². The molecular weight excluding hydrogens is 392 g/mol. The molecule has 2 amide bonds. The fourth-order valence-electron chi connectivity index (χ4n) is 3.74. The van der Waals surface area contributed by atoms with Crippen LogP contribution in [0.4, 0.5) is 10.6 Å². The largest absolute Gasteiger partial charge is 0.508 e. The number of aromatic nitrogens is 2. The van der Waals surface area contributed by atoms with Crippen molar-refractivity contribution in [1.82, 2.24) is 14.7 Å². The summed E-state index contributed by atoms with van der Waals surface area (Å²) in [5.41, 5.74) is 1.14. The van der Waals surface area contributed by atoms with E-state index < -0.39 is 0 Å². The van der Waals surface area contributed by atoms with Crippen molar-refractivity contribution in [3.05, 3.63) is 41.6 Å². The SMILES string of the molecule is CC(C)(C)c1cc(NC(=O)N2CCC(C(=O)c3ccc(O)cc3)CC2)n(C(C)(C)C)n1. The minimum Gasteiger partial charge on any atom is -0.508 e. The molecule has 0 saturated carbocycles. The summed E-state index contributed by atoms with van der Waals surface area (Å²) in [4.78, 5) is 27.4. The van der Waals surface area contributed by atoms with Crippen LogP contribution in [-0.4, -0.2) is 44.7 Å². The van der Waals surface area contributed by atoms with E-state index in [1.165, 1.54) is 12.1 Å². The van der Waals surface area contributed by atoms with E-state index in [1.807, 2.05) is 10.7 Å². The van der Waals surface area contributed by atoms with Crippen molar-refractivity contribution in [3.63, 3.8) is 0 Å². The molecule has 0 aliphatic carbocycles. The van der Waals surface area contributed by atoms with E-state index in [4.69, 9.17) is 5.10 Å². The fraction of sp³-hybridized carbons (Fsp3) is 0.542. The van der Waals surface area contributed by atoms with Crippen LogP contribution in [0.3, 0.4) is 0 Å². The summed E-state index contributed by atoms with van der Waals surface area (Å²) in [7, 11) is 0. The van der Waals surface area contributed by atoms with Crippen LogP contribution in [-0.2, 0) is 11.0 Å². The van der Waals surface area contributed by atoms with Gasteiger partial charge in [-0.2, -0.15) is 5.10 Å². The van der Waals surface area contributed by atoms with Gasteiger partial charge in [-0.15, -0.1) is 0 Å². The average molecular weight is 427 g/mol. The Morgan fingerprint density at radius 3 is 2.13 bits per heavy atom. The Morgan fingerprint density at radius 2 is 1.61 bits per heavy atom. The number of hydrogen-bond acceptors (Lipinski definition) is 4. The molecule has 3 rings (SSSR count). The van der Waals surface area contributed by atoms with Crippen LogP contribution >= 0.6 is 0 Å². The second-order valence-corrected chi connectivity index (χ2v) is 10.4. The van der Waals surface area contributed by atoms with Crippen molar-refractivity contribution >= 4 is 17.6 Å². The molecule has 1 aliphatic heterocycles. The zero-order valence-electron chi connectivity index (χ0n) is 19.4. The molecule has 1 aromatic heterocycles. The second-order valence-electron chi connectivity index (χ2n) is 10.4. The molecule has 2 N–H and O–H groups in total. The molecule has 2 heterocycles. The quantitative estimate of drug-likeness (QED) is 0.692. The molecule has 1 aliphatic rings. The molecule has 1 fully saturated rings. The number of carbonyl (C=O) groups is 2. The Labute approximate surface area is 184 Å². The predicted octanol–water partition coefficient (Wildman–Crippen LogP) is 4.77. The van der Waals surface area contributed by atoms with Crippen LogP contribution in [0.15, 0.2) is 30.3 Å². The van der Waals surface area contributed by atoms with E-state index in [0.717, 1.165) is 5.69 Å². The van der Waals surface area contributed by atoms with E-state index >= 15 is 0 Å². The van der Waals surface area contributed by atoms with Crippen LogP contribution in [0.2, 0.25) is 0 Å². The van der Waals surface area contributed by atoms with Crippen molar-refractivity contribution in [2.45, 2.75) is 65.3 Å². The number of piperidine rings is 1. The lowest BCUT2D eigenvalue weighted by atomic mass is 9.89. The van der Waals surface area contributed by atoms with E-state index in [2.05, 4.69) is 46.9 Å². The number of aromatic hydroxyl groups is 1. The first-order chi connectivity index (χ1) is 14.4. The van der Waals surface area contributed by atoms with Gasteiger partial charge in [0.1, 0.15) is 11.6 Å². The summed E-state index contributed by atoms with van der Waals surface area (Å²) in [5.74, 6) is 0.791. The first-order valence-corrected chi connectivity index (χ1v) is 10.9. The van der Waals surface area contributed by atoms with E-state index in [-0.39, 0.29) is 34.4 Å². The molecule has 7 nitrogen and oxygen atoms in total. The monoisotopic (exact) mass is 426 g/mol. The van der Waals surface area contributed by atoms with Gasteiger partial charge in [0.15, 0.2) is 5.78 Å². The normalized spacial score (nSPS) is 15.7. The molecule has 31 heavy (non-hydrogen) atoms. The van der Waals surface area contributed by atoms with Crippen LogP contribution in [0, 0.1) is 5.92 Å². The number of anilines is 1. The number of Topliss-reactive ketones (excluding diaryl/α,β-unsaturated/α-hetero) is 1. The Hall–Kier alpha value is -2.83. The highest BCUT2D eigenvalue weighted by molar-refractivity contribution is 5.98. The second kappa shape index (κ2) is 8.36. The van der Waals surface area contributed by atoms with Gasteiger partial charge in [-0.05, 0) is 57.9 Å². The van der Waals surface area contributed by atoms with Gasteiger partial charge < -0.3 is 10.0 Å². The summed E-state index contributed by atoms with van der Waals surface area (Å²) in [6, 6.07) is 8.14. The lowest BCUT2D eigenvalue weighted by molar-refractivity contribution is 0.0859. The first-order valence-electron chi connectivity index (χ1n) is 10.9.